The van der Waals surface area contributed by atoms with Gasteiger partial charge in [-0.25, -0.2) is 9.59 Å². The van der Waals surface area contributed by atoms with E-state index >= 15 is 0 Å². The summed E-state index contributed by atoms with van der Waals surface area (Å²) in [6, 6.07) is 20.9. The third kappa shape index (κ3) is 11.9. The number of aromatic nitrogens is 2. The number of esters is 1. The molecule has 4 aromatic carbocycles. The number of hydrogen-bond acceptors (Lipinski definition) is 11. The van der Waals surface area contributed by atoms with E-state index in [0.717, 1.165) is 44.2 Å². The first kappa shape index (κ1) is 47.1. The highest BCUT2D eigenvalue weighted by Gasteiger charge is 2.22. The number of nitrogens with zero attached hydrogens (tertiary/aromatic N) is 2. The van der Waals surface area contributed by atoms with E-state index in [1.807, 2.05) is 58.0 Å². The number of amides is 2. The lowest BCUT2D eigenvalue weighted by Crippen LogP contribution is -2.41. The van der Waals surface area contributed by atoms with Crippen LogP contribution in [0.25, 0.3) is 45.0 Å². The fourth-order valence-corrected chi connectivity index (χ4v) is 6.10. The van der Waals surface area contributed by atoms with Gasteiger partial charge in [-0.05, 0) is 178 Å². The third-order valence-corrected chi connectivity index (χ3v) is 9.16. The average Bonchev–Trinajstić information content (AvgIpc) is 3.96. The molecular formula is C44H42Cl3N4O10P. The van der Waals surface area contributed by atoms with Gasteiger partial charge in [0.25, 0.3) is 11.8 Å². The van der Waals surface area contributed by atoms with Crippen molar-refractivity contribution in [2.24, 2.45) is 0 Å². The molecule has 0 fully saturated rings. The van der Waals surface area contributed by atoms with Crippen LogP contribution in [0.3, 0.4) is 0 Å². The smallest absolute Gasteiger partial charge is 0.339 e. The first-order chi connectivity index (χ1) is 28.9. The predicted octanol–water partition coefficient (Wildman–Crippen LogP) is 12.0. The van der Waals surface area contributed by atoms with Gasteiger partial charge in [0.05, 0.1) is 11.1 Å². The van der Waals surface area contributed by atoms with Crippen LogP contribution >= 0.6 is 38.9 Å². The molecule has 3 N–H and O–H groups in total. The Labute approximate surface area is 370 Å². The van der Waals surface area contributed by atoms with Crippen LogP contribution in [-0.2, 0) is 9.30 Å². The van der Waals surface area contributed by atoms with Crippen molar-refractivity contribution in [3.05, 3.63) is 129 Å². The number of carbonyl (C=O) groups excluding carboxylic acids is 3. The van der Waals surface area contributed by atoms with Gasteiger partial charge in [0.15, 0.2) is 11.5 Å². The number of carbonyl (C=O) groups is 4. The molecule has 3 aromatic heterocycles. The lowest BCUT2D eigenvalue weighted by molar-refractivity contribution is 0.00688. The van der Waals surface area contributed by atoms with E-state index in [0.29, 0.717) is 39.5 Å². The Morgan fingerprint density at radius 2 is 1.15 bits per heavy atom. The summed E-state index contributed by atoms with van der Waals surface area (Å²) in [5.41, 5.74) is 12.6. The molecule has 62 heavy (non-hydrogen) atoms. The second kappa shape index (κ2) is 19.0. The Balaban J connectivity index is 0.000000213. The first-order valence-corrected chi connectivity index (χ1v) is 23.1. The standard InChI is InChI=1S/C24H26N2O5.C20H16N2O4.Cl3OP/c1-13-7-8-14(2)20-18(13)12-19(30-20)22(28)26-25-21(27)17-10-9-16(11-15(17)3)23(29)31-24(4,5)6;1-10-4-5-11(2)17-15(10)9-16(25-17)19-22-21-18(26-19)14-7-6-13(20(23)24)8-12(14)3;1-5(2,3)4/h7-12H,1-6H3,(H,25,27)(H,26,28);4-9H,1-3H3,(H,23,24);. The summed E-state index contributed by atoms with van der Waals surface area (Å²) in [7, 11) is 0. The van der Waals surface area contributed by atoms with Crippen LogP contribution in [0.15, 0.2) is 86.0 Å². The van der Waals surface area contributed by atoms with Crippen LogP contribution in [0.2, 0.25) is 0 Å². The number of halogens is 3. The minimum atomic E-state index is -3.22. The topological polar surface area (TPSA) is 204 Å². The van der Waals surface area contributed by atoms with Gasteiger partial charge in [0.2, 0.25) is 5.89 Å². The fourth-order valence-electron chi connectivity index (χ4n) is 6.10. The van der Waals surface area contributed by atoms with Crippen LogP contribution in [0.1, 0.15) is 95.8 Å². The average molecular weight is 924 g/mol. The van der Waals surface area contributed by atoms with E-state index < -0.39 is 34.6 Å². The Hall–Kier alpha value is -5.92. The van der Waals surface area contributed by atoms with Gasteiger partial charge in [0.1, 0.15) is 16.8 Å². The van der Waals surface area contributed by atoms with Gasteiger partial charge < -0.3 is 23.1 Å². The molecule has 0 bridgehead atoms. The van der Waals surface area contributed by atoms with Crippen LogP contribution in [-0.4, -0.2) is 44.7 Å². The zero-order chi connectivity index (χ0) is 45.8. The molecule has 18 heteroatoms. The van der Waals surface area contributed by atoms with Crippen LogP contribution < -0.4 is 10.9 Å². The molecule has 0 aliphatic rings. The van der Waals surface area contributed by atoms with Gasteiger partial charge in [-0.15, -0.1) is 10.2 Å². The van der Waals surface area contributed by atoms with Crippen LogP contribution in [0, 0.1) is 41.5 Å². The zero-order valence-corrected chi connectivity index (χ0v) is 38.2. The molecule has 0 saturated carbocycles. The summed E-state index contributed by atoms with van der Waals surface area (Å²) < 4.78 is 32.2. The van der Waals surface area contributed by atoms with Crippen molar-refractivity contribution in [1.82, 2.24) is 21.0 Å². The van der Waals surface area contributed by atoms with E-state index in [2.05, 4.69) is 54.8 Å². The van der Waals surface area contributed by atoms with Gasteiger partial charge in [-0.1, -0.05) is 24.3 Å². The number of ether oxygens (including phenoxy) is 1. The van der Waals surface area contributed by atoms with E-state index in [4.69, 9.17) is 23.1 Å². The van der Waals surface area contributed by atoms with E-state index in [-0.39, 0.29) is 17.2 Å². The van der Waals surface area contributed by atoms with Crippen molar-refractivity contribution in [3.8, 4) is 23.1 Å². The predicted molar refractivity (Wildman–Crippen MR) is 238 cm³/mol. The van der Waals surface area contributed by atoms with Crippen molar-refractivity contribution >= 4 is 84.6 Å². The molecular weight excluding hydrogens is 882 g/mol. The maximum atomic E-state index is 12.5. The van der Waals surface area contributed by atoms with Crippen molar-refractivity contribution in [1.29, 1.82) is 0 Å². The molecule has 3 heterocycles. The van der Waals surface area contributed by atoms with Crippen LogP contribution in [0.5, 0.6) is 0 Å². The molecule has 0 atom stereocenters. The van der Waals surface area contributed by atoms with Crippen molar-refractivity contribution in [2.45, 2.75) is 67.9 Å². The second-order valence-electron chi connectivity index (χ2n) is 15.2. The minimum Gasteiger partial charge on any atom is -0.478 e. The summed E-state index contributed by atoms with van der Waals surface area (Å²) >= 11 is 13.8. The number of hydrogen-bond donors (Lipinski definition) is 3. The number of aromatic carboxylic acids is 1. The van der Waals surface area contributed by atoms with Gasteiger partial charge in [-0.2, -0.15) is 0 Å². The highest BCUT2D eigenvalue weighted by Crippen LogP contribution is 2.61. The zero-order valence-electron chi connectivity index (χ0n) is 35.0. The van der Waals surface area contributed by atoms with Crippen molar-refractivity contribution in [3.63, 3.8) is 0 Å². The highest BCUT2D eigenvalue weighted by molar-refractivity contribution is 8.24. The molecule has 7 aromatic rings. The molecule has 0 unspecified atom stereocenters. The number of nitrogens with one attached hydrogen (secondary N) is 2. The Bertz CT molecular complexity index is 2820. The molecule has 0 aliphatic heterocycles. The Kier molecular flexibility index (Phi) is 14.4. The number of carboxylic acid groups (broad SMARTS) is 1. The van der Waals surface area contributed by atoms with Crippen LogP contribution in [0.4, 0.5) is 0 Å². The summed E-state index contributed by atoms with van der Waals surface area (Å²) in [5, 5.41) is 15.9. The normalized spacial score (nSPS) is 11.3. The molecule has 324 valence electrons. The number of carboxylic acids is 1. The third-order valence-electron chi connectivity index (χ3n) is 9.16. The molecule has 0 spiro atoms. The maximum absolute atomic E-state index is 12.5. The van der Waals surface area contributed by atoms with Gasteiger partial charge in [-0.3, -0.25) is 25.0 Å². The lowest BCUT2D eigenvalue weighted by Gasteiger charge is -2.19. The number of aryl methyl sites for hydroxylation is 6. The molecule has 2 amide bonds. The van der Waals surface area contributed by atoms with Gasteiger partial charge >= 0.3 is 23.0 Å². The summed E-state index contributed by atoms with van der Waals surface area (Å²) in [5.74, 6) is -1.29. The second-order valence-corrected chi connectivity index (χ2v) is 21.8. The first-order valence-electron chi connectivity index (χ1n) is 18.7. The monoisotopic (exact) mass is 922 g/mol. The lowest BCUT2D eigenvalue weighted by atomic mass is 10.0. The SMILES string of the molecule is Cc1cc(C(=O)O)ccc1-c1nnc(-c2cc3c(C)ccc(C)c3o2)o1.Cc1cc(C(=O)OC(C)(C)C)ccc1C(=O)NNC(=O)c1cc2c(C)ccc(C)c2o1.O=P(Cl)(Cl)Cl. The van der Waals surface area contributed by atoms with Gasteiger partial charge in [0, 0.05) is 21.9 Å². The maximum Gasteiger partial charge on any atom is 0.339 e. The summed E-state index contributed by atoms with van der Waals surface area (Å²) in [6.07, 6.45) is 0. The molecule has 0 saturated heterocycles. The molecule has 14 nitrogen and oxygen atoms in total. The van der Waals surface area contributed by atoms with E-state index in [9.17, 15) is 23.7 Å². The number of rotatable bonds is 6. The van der Waals surface area contributed by atoms with Crippen molar-refractivity contribution < 1.29 is 46.8 Å². The Morgan fingerprint density at radius 1 is 0.629 bits per heavy atom. The quantitative estimate of drug-likeness (QED) is 0.0810. The number of hydrazine groups is 1. The fraction of sp³-hybridized carbons (Fsp3) is 0.227. The van der Waals surface area contributed by atoms with E-state index in [1.54, 1.807) is 58.9 Å². The largest absolute Gasteiger partial charge is 0.478 e. The number of benzene rings is 4. The molecule has 0 aliphatic carbocycles. The van der Waals surface area contributed by atoms with E-state index in [1.165, 1.54) is 18.2 Å². The number of furan rings is 2. The Morgan fingerprint density at radius 3 is 1.68 bits per heavy atom. The molecule has 7 rings (SSSR count). The summed E-state index contributed by atoms with van der Waals surface area (Å²) in [4.78, 5) is 48.2. The van der Waals surface area contributed by atoms with Crippen molar-refractivity contribution in [2.75, 3.05) is 0 Å². The number of fused-ring (bicyclic) bond motifs is 2. The minimum absolute atomic E-state index is 0.102. The molecule has 0 radical (unpaired) electrons. The summed E-state index contributed by atoms with van der Waals surface area (Å²) in [6.45, 7) is 16.7. The highest BCUT2D eigenvalue weighted by atomic mass is 36.0.